The highest BCUT2D eigenvalue weighted by Crippen LogP contribution is 2.03. The molecule has 7 heteroatoms. The number of carbonyl (C=O) groups is 1. The quantitative estimate of drug-likeness (QED) is 0.488. The lowest BCUT2D eigenvalue weighted by molar-refractivity contribution is 0.0436. The minimum Gasteiger partial charge on any atom is -0.378 e. The number of carbonyl (C=O) groups excluding carboxylic acids is 1. The molecule has 0 saturated carbocycles. The fraction of sp³-hybridized carbons (Fsp3) is 0.857. The highest BCUT2D eigenvalue weighted by molar-refractivity contribution is 5.74. The Morgan fingerprint density at radius 3 is 2.64 bits per heavy atom. The van der Waals surface area contributed by atoms with Crippen LogP contribution in [0.4, 0.5) is 4.79 Å². The van der Waals surface area contributed by atoms with Crippen LogP contribution in [0.5, 0.6) is 0 Å². The average molecular weight is 202 g/mol. The molecule has 0 atom stereocenters. The zero-order valence-electron chi connectivity index (χ0n) is 7.89. The number of urea groups is 1. The SMILES string of the molecule is NCCN(N=O)C(=O)N1CCOCC1. The first-order valence-electron chi connectivity index (χ1n) is 4.47. The van der Waals surface area contributed by atoms with Gasteiger partial charge in [0, 0.05) is 19.6 Å². The van der Waals surface area contributed by atoms with Crippen LogP contribution in [0.15, 0.2) is 5.29 Å². The first-order valence-corrected chi connectivity index (χ1v) is 4.47. The van der Waals surface area contributed by atoms with Crippen molar-refractivity contribution >= 4 is 6.03 Å². The molecule has 1 fully saturated rings. The molecule has 0 unspecified atom stereocenters. The van der Waals surface area contributed by atoms with Gasteiger partial charge in [0.2, 0.25) is 0 Å². The van der Waals surface area contributed by atoms with E-state index in [1.807, 2.05) is 0 Å². The minimum atomic E-state index is -0.395. The van der Waals surface area contributed by atoms with Gasteiger partial charge in [-0.2, -0.15) is 5.01 Å². The van der Waals surface area contributed by atoms with Crippen molar-refractivity contribution in [2.24, 2.45) is 11.0 Å². The Balaban J connectivity index is 2.47. The molecule has 1 aliphatic heterocycles. The first kappa shape index (κ1) is 10.9. The smallest absolute Gasteiger partial charge is 0.343 e. The van der Waals surface area contributed by atoms with Gasteiger partial charge in [-0.05, 0) is 0 Å². The summed E-state index contributed by atoms with van der Waals surface area (Å²) in [5, 5.41) is 3.46. The summed E-state index contributed by atoms with van der Waals surface area (Å²) in [6, 6.07) is -0.395. The van der Waals surface area contributed by atoms with E-state index in [9.17, 15) is 9.70 Å². The van der Waals surface area contributed by atoms with Gasteiger partial charge in [-0.1, -0.05) is 0 Å². The lowest BCUT2D eigenvalue weighted by Crippen LogP contribution is -2.47. The molecule has 0 aromatic carbocycles. The van der Waals surface area contributed by atoms with E-state index < -0.39 is 6.03 Å². The molecule has 1 heterocycles. The van der Waals surface area contributed by atoms with Crippen molar-refractivity contribution in [2.75, 3.05) is 39.4 Å². The first-order chi connectivity index (χ1) is 6.79. The van der Waals surface area contributed by atoms with Crippen LogP contribution in [0.3, 0.4) is 0 Å². The van der Waals surface area contributed by atoms with Gasteiger partial charge in [-0.15, -0.1) is 4.91 Å². The Hall–Kier alpha value is -1.21. The van der Waals surface area contributed by atoms with Crippen LogP contribution in [0.2, 0.25) is 0 Å². The van der Waals surface area contributed by atoms with Gasteiger partial charge in [0.25, 0.3) is 0 Å². The average Bonchev–Trinajstić information content (AvgIpc) is 2.26. The zero-order valence-corrected chi connectivity index (χ0v) is 7.89. The van der Waals surface area contributed by atoms with Gasteiger partial charge in [0.05, 0.1) is 25.0 Å². The topological polar surface area (TPSA) is 88.2 Å². The number of ether oxygens (including phenoxy) is 1. The third-order valence-electron chi connectivity index (χ3n) is 1.94. The minimum absolute atomic E-state index is 0.152. The third-order valence-corrected chi connectivity index (χ3v) is 1.94. The zero-order chi connectivity index (χ0) is 10.4. The van der Waals surface area contributed by atoms with E-state index in [1.165, 1.54) is 4.90 Å². The van der Waals surface area contributed by atoms with Gasteiger partial charge in [-0.25, -0.2) is 4.79 Å². The maximum atomic E-state index is 11.6. The molecule has 0 aromatic rings. The molecule has 2 N–H and O–H groups in total. The molecule has 0 radical (unpaired) electrons. The van der Waals surface area contributed by atoms with Gasteiger partial charge in [0.1, 0.15) is 0 Å². The summed E-state index contributed by atoms with van der Waals surface area (Å²) in [5.74, 6) is 0. The monoisotopic (exact) mass is 202 g/mol. The lowest BCUT2D eigenvalue weighted by Gasteiger charge is -2.28. The molecular formula is C7H14N4O3. The van der Waals surface area contributed by atoms with Crippen molar-refractivity contribution in [3.63, 3.8) is 0 Å². The van der Waals surface area contributed by atoms with E-state index in [0.717, 1.165) is 5.01 Å². The predicted molar refractivity (Wildman–Crippen MR) is 49.3 cm³/mol. The van der Waals surface area contributed by atoms with Crippen molar-refractivity contribution in [1.29, 1.82) is 0 Å². The van der Waals surface area contributed by atoms with E-state index in [4.69, 9.17) is 10.5 Å². The van der Waals surface area contributed by atoms with Crippen LogP contribution in [0.25, 0.3) is 0 Å². The van der Waals surface area contributed by atoms with Crippen LogP contribution >= 0.6 is 0 Å². The molecule has 2 amide bonds. The molecule has 1 saturated heterocycles. The molecule has 0 spiro atoms. The number of nitrogens with two attached hydrogens (primary N) is 1. The van der Waals surface area contributed by atoms with Crippen LogP contribution < -0.4 is 5.73 Å². The molecule has 1 aliphatic rings. The third kappa shape index (κ3) is 2.64. The highest BCUT2D eigenvalue weighted by Gasteiger charge is 2.22. The lowest BCUT2D eigenvalue weighted by atomic mass is 10.4. The molecule has 0 bridgehead atoms. The maximum Gasteiger partial charge on any atom is 0.343 e. The Kier molecular flexibility index (Phi) is 4.27. The number of hydrogen-bond donors (Lipinski definition) is 1. The summed E-state index contributed by atoms with van der Waals surface area (Å²) in [6.07, 6.45) is 0. The Bertz CT molecular complexity index is 205. The van der Waals surface area contributed by atoms with Crippen molar-refractivity contribution in [1.82, 2.24) is 9.91 Å². The number of morpholine rings is 1. The Morgan fingerprint density at radius 2 is 2.14 bits per heavy atom. The van der Waals surface area contributed by atoms with Gasteiger partial charge in [0.15, 0.2) is 0 Å². The molecule has 14 heavy (non-hydrogen) atoms. The fourth-order valence-electron chi connectivity index (χ4n) is 1.21. The van der Waals surface area contributed by atoms with Crippen molar-refractivity contribution in [3.8, 4) is 0 Å². The Morgan fingerprint density at radius 1 is 1.50 bits per heavy atom. The molecular weight excluding hydrogens is 188 g/mol. The number of amides is 2. The second-order valence-corrected chi connectivity index (χ2v) is 2.88. The van der Waals surface area contributed by atoms with E-state index >= 15 is 0 Å². The van der Waals surface area contributed by atoms with Crippen LogP contribution in [0, 0.1) is 4.91 Å². The molecule has 80 valence electrons. The van der Waals surface area contributed by atoms with E-state index in [0.29, 0.717) is 26.3 Å². The van der Waals surface area contributed by atoms with Crippen LogP contribution in [0.1, 0.15) is 0 Å². The van der Waals surface area contributed by atoms with Gasteiger partial charge >= 0.3 is 6.03 Å². The summed E-state index contributed by atoms with van der Waals surface area (Å²) in [6.45, 7) is 2.37. The summed E-state index contributed by atoms with van der Waals surface area (Å²) in [7, 11) is 0. The summed E-state index contributed by atoms with van der Waals surface area (Å²) >= 11 is 0. The van der Waals surface area contributed by atoms with Crippen molar-refractivity contribution in [2.45, 2.75) is 0 Å². The highest BCUT2D eigenvalue weighted by atomic mass is 16.5. The molecule has 0 aromatic heterocycles. The summed E-state index contributed by atoms with van der Waals surface area (Å²) < 4.78 is 5.08. The van der Waals surface area contributed by atoms with Crippen LogP contribution in [-0.4, -0.2) is 55.3 Å². The van der Waals surface area contributed by atoms with Crippen LogP contribution in [-0.2, 0) is 4.74 Å². The second-order valence-electron chi connectivity index (χ2n) is 2.88. The van der Waals surface area contributed by atoms with E-state index in [1.54, 1.807) is 0 Å². The molecule has 7 nitrogen and oxygen atoms in total. The predicted octanol–water partition coefficient (Wildman–Crippen LogP) is -0.619. The second kappa shape index (κ2) is 5.51. The summed E-state index contributed by atoms with van der Waals surface area (Å²) in [4.78, 5) is 23.4. The number of rotatable bonds is 3. The van der Waals surface area contributed by atoms with E-state index in [-0.39, 0.29) is 13.1 Å². The molecule has 1 rings (SSSR count). The summed E-state index contributed by atoms with van der Waals surface area (Å²) in [5.41, 5.74) is 5.24. The largest absolute Gasteiger partial charge is 0.378 e. The standard InChI is InChI=1S/C7H14N4O3/c8-1-2-11(9-13)7(12)10-3-5-14-6-4-10/h1-6,8H2. The number of nitrogens with zero attached hydrogens (tertiary/aromatic N) is 3. The molecule has 0 aliphatic carbocycles. The van der Waals surface area contributed by atoms with E-state index in [2.05, 4.69) is 5.29 Å². The number of hydrogen-bond acceptors (Lipinski definition) is 5. The Labute approximate surface area is 81.7 Å². The van der Waals surface area contributed by atoms with Crippen molar-refractivity contribution in [3.05, 3.63) is 4.91 Å². The number of nitroso groups, excluding NO2 is 1. The fourth-order valence-corrected chi connectivity index (χ4v) is 1.21. The normalized spacial score (nSPS) is 16.5. The van der Waals surface area contributed by atoms with Gasteiger partial charge < -0.3 is 15.4 Å². The van der Waals surface area contributed by atoms with Crippen molar-refractivity contribution < 1.29 is 9.53 Å². The maximum absolute atomic E-state index is 11.6. The van der Waals surface area contributed by atoms with Gasteiger partial charge in [-0.3, -0.25) is 0 Å².